The van der Waals surface area contributed by atoms with Gasteiger partial charge in [-0.2, -0.15) is 5.26 Å². The predicted octanol–water partition coefficient (Wildman–Crippen LogP) is 3.12. The molecule has 1 fully saturated rings. The second-order valence-corrected chi connectivity index (χ2v) is 6.44. The number of aliphatic hydroxyl groups excluding tert-OH is 1. The number of aliphatic hydroxyl groups is 1. The highest BCUT2D eigenvalue weighted by Crippen LogP contribution is 2.22. The van der Waals surface area contributed by atoms with Crippen molar-refractivity contribution in [3.05, 3.63) is 29.3 Å². The van der Waals surface area contributed by atoms with Gasteiger partial charge in [0.1, 0.15) is 5.75 Å². The first-order valence-electron chi connectivity index (χ1n) is 8.69. The van der Waals surface area contributed by atoms with Crippen LogP contribution in [0.4, 0.5) is 0 Å². The Bertz CT molecular complexity index is 517. The quantitative estimate of drug-likeness (QED) is 0.749. The highest BCUT2D eigenvalue weighted by Gasteiger charge is 2.18. The molecule has 1 N–H and O–H groups in total. The van der Waals surface area contributed by atoms with E-state index in [0.29, 0.717) is 12.2 Å². The lowest BCUT2D eigenvalue weighted by Gasteiger charge is -2.31. The second kappa shape index (κ2) is 9.54. The maximum atomic E-state index is 8.93. The average molecular weight is 316 g/mol. The van der Waals surface area contributed by atoms with Gasteiger partial charge in [0.25, 0.3) is 0 Å². The number of aryl methyl sites for hydroxylation is 1. The van der Waals surface area contributed by atoms with Crippen molar-refractivity contribution < 1.29 is 9.84 Å². The van der Waals surface area contributed by atoms with E-state index in [1.807, 2.05) is 25.1 Å². The van der Waals surface area contributed by atoms with Crippen molar-refractivity contribution in [3.8, 4) is 11.8 Å². The van der Waals surface area contributed by atoms with Gasteiger partial charge >= 0.3 is 0 Å². The van der Waals surface area contributed by atoms with Gasteiger partial charge in [0.15, 0.2) is 0 Å². The van der Waals surface area contributed by atoms with Crippen LogP contribution in [0, 0.1) is 24.2 Å². The van der Waals surface area contributed by atoms with Gasteiger partial charge in [0.05, 0.1) is 18.2 Å². The zero-order valence-electron chi connectivity index (χ0n) is 14.1. The average Bonchev–Trinajstić information content (AvgIpc) is 2.58. The lowest BCUT2D eigenvalue weighted by Crippen LogP contribution is -2.35. The standard InChI is InChI=1S/C19H28N2O2/c1-16-14-19(6-5-18(16)15-20)23-13-3-9-21-10-7-17(8-11-21)4-2-12-22/h5-6,14,17,22H,2-4,7-13H2,1H3. The van der Waals surface area contributed by atoms with E-state index in [0.717, 1.165) is 43.2 Å². The Morgan fingerprint density at radius 1 is 1.30 bits per heavy atom. The molecule has 0 spiro atoms. The summed E-state index contributed by atoms with van der Waals surface area (Å²) in [6, 6.07) is 7.80. The molecule has 0 amide bonds. The minimum absolute atomic E-state index is 0.326. The van der Waals surface area contributed by atoms with Crippen LogP contribution in [0.2, 0.25) is 0 Å². The Labute approximate surface area is 139 Å². The molecule has 2 rings (SSSR count). The van der Waals surface area contributed by atoms with E-state index in [9.17, 15) is 0 Å². The molecular formula is C19H28N2O2. The van der Waals surface area contributed by atoms with Crippen LogP contribution in [-0.4, -0.2) is 42.9 Å². The smallest absolute Gasteiger partial charge is 0.119 e. The molecule has 1 aliphatic rings. The third-order valence-electron chi connectivity index (χ3n) is 4.68. The molecule has 1 aromatic rings. The number of nitrogens with zero attached hydrogens (tertiary/aromatic N) is 2. The number of rotatable bonds is 8. The van der Waals surface area contributed by atoms with Gasteiger partial charge in [-0.1, -0.05) is 0 Å². The third kappa shape index (κ3) is 5.85. The van der Waals surface area contributed by atoms with Crippen molar-refractivity contribution in [3.63, 3.8) is 0 Å². The molecule has 4 nitrogen and oxygen atoms in total. The van der Waals surface area contributed by atoms with Crippen LogP contribution in [-0.2, 0) is 0 Å². The number of likely N-dealkylation sites (tertiary alicyclic amines) is 1. The number of ether oxygens (including phenoxy) is 1. The van der Waals surface area contributed by atoms with E-state index in [1.165, 1.54) is 32.4 Å². The van der Waals surface area contributed by atoms with Crippen LogP contribution in [0.3, 0.4) is 0 Å². The molecule has 1 heterocycles. The van der Waals surface area contributed by atoms with Gasteiger partial charge in [-0.15, -0.1) is 0 Å². The first-order valence-corrected chi connectivity index (χ1v) is 8.69. The summed E-state index contributed by atoms with van der Waals surface area (Å²) in [5, 5.41) is 17.8. The molecule has 0 bridgehead atoms. The Hall–Kier alpha value is -1.57. The molecule has 0 unspecified atom stereocenters. The van der Waals surface area contributed by atoms with Gasteiger partial charge < -0.3 is 14.7 Å². The summed E-state index contributed by atoms with van der Waals surface area (Å²) in [7, 11) is 0. The summed E-state index contributed by atoms with van der Waals surface area (Å²) in [6.07, 6.45) is 5.67. The highest BCUT2D eigenvalue weighted by molar-refractivity contribution is 5.41. The van der Waals surface area contributed by atoms with Crippen molar-refractivity contribution in [2.75, 3.05) is 32.8 Å². The molecule has 1 aliphatic heterocycles. The first-order chi connectivity index (χ1) is 11.2. The van der Waals surface area contributed by atoms with Crippen molar-refractivity contribution in [1.82, 2.24) is 4.90 Å². The van der Waals surface area contributed by atoms with Gasteiger partial charge in [-0.25, -0.2) is 0 Å². The molecular weight excluding hydrogens is 288 g/mol. The monoisotopic (exact) mass is 316 g/mol. The van der Waals surface area contributed by atoms with Crippen LogP contribution in [0.1, 0.15) is 43.2 Å². The Balaban J connectivity index is 1.61. The van der Waals surface area contributed by atoms with E-state index >= 15 is 0 Å². The minimum atomic E-state index is 0.326. The molecule has 0 radical (unpaired) electrons. The van der Waals surface area contributed by atoms with E-state index < -0.39 is 0 Å². The van der Waals surface area contributed by atoms with Crippen molar-refractivity contribution in [2.24, 2.45) is 5.92 Å². The maximum Gasteiger partial charge on any atom is 0.119 e. The summed E-state index contributed by atoms with van der Waals surface area (Å²) in [6.45, 7) is 6.41. The first kappa shape index (κ1) is 17.8. The topological polar surface area (TPSA) is 56.5 Å². The van der Waals surface area contributed by atoms with Crippen LogP contribution < -0.4 is 4.74 Å². The lowest BCUT2D eigenvalue weighted by atomic mass is 9.92. The fraction of sp³-hybridized carbons (Fsp3) is 0.632. The molecule has 126 valence electrons. The number of nitriles is 1. The van der Waals surface area contributed by atoms with E-state index in [1.54, 1.807) is 0 Å². The third-order valence-corrected chi connectivity index (χ3v) is 4.68. The molecule has 0 aromatic heterocycles. The van der Waals surface area contributed by atoms with Crippen molar-refractivity contribution in [1.29, 1.82) is 5.26 Å². The van der Waals surface area contributed by atoms with Crippen LogP contribution in [0.15, 0.2) is 18.2 Å². The highest BCUT2D eigenvalue weighted by atomic mass is 16.5. The molecule has 1 aromatic carbocycles. The molecule has 0 atom stereocenters. The fourth-order valence-electron chi connectivity index (χ4n) is 3.21. The Kier molecular flexibility index (Phi) is 7.38. The predicted molar refractivity (Wildman–Crippen MR) is 91.5 cm³/mol. The second-order valence-electron chi connectivity index (χ2n) is 6.44. The fourth-order valence-corrected chi connectivity index (χ4v) is 3.21. The Morgan fingerprint density at radius 2 is 2.09 bits per heavy atom. The zero-order chi connectivity index (χ0) is 16.5. The molecule has 0 aliphatic carbocycles. The molecule has 1 saturated heterocycles. The maximum absolute atomic E-state index is 8.93. The van der Waals surface area contributed by atoms with Crippen molar-refractivity contribution >= 4 is 0 Å². The summed E-state index contributed by atoms with van der Waals surface area (Å²) >= 11 is 0. The van der Waals surface area contributed by atoms with E-state index in [-0.39, 0.29) is 0 Å². The number of hydrogen-bond acceptors (Lipinski definition) is 4. The number of piperidine rings is 1. The van der Waals surface area contributed by atoms with Crippen LogP contribution in [0.5, 0.6) is 5.75 Å². The summed E-state index contributed by atoms with van der Waals surface area (Å²) in [4.78, 5) is 2.52. The molecule has 0 saturated carbocycles. The van der Waals surface area contributed by atoms with Gasteiger partial charge in [-0.3, -0.25) is 0 Å². The van der Waals surface area contributed by atoms with Gasteiger partial charge in [0, 0.05) is 13.2 Å². The number of hydrogen-bond donors (Lipinski definition) is 1. The van der Waals surface area contributed by atoms with E-state index in [4.69, 9.17) is 15.1 Å². The van der Waals surface area contributed by atoms with Gasteiger partial charge in [0.2, 0.25) is 0 Å². The Morgan fingerprint density at radius 3 is 2.74 bits per heavy atom. The zero-order valence-corrected chi connectivity index (χ0v) is 14.1. The summed E-state index contributed by atoms with van der Waals surface area (Å²) < 4.78 is 5.79. The number of benzene rings is 1. The summed E-state index contributed by atoms with van der Waals surface area (Å²) in [5.74, 6) is 1.65. The lowest BCUT2D eigenvalue weighted by molar-refractivity contribution is 0.160. The minimum Gasteiger partial charge on any atom is -0.494 e. The van der Waals surface area contributed by atoms with Crippen LogP contribution in [0.25, 0.3) is 0 Å². The SMILES string of the molecule is Cc1cc(OCCCN2CCC(CCCO)CC2)ccc1C#N. The van der Waals surface area contributed by atoms with E-state index in [2.05, 4.69) is 11.0 Å². The van der Waals surface area contributed by atoms with Crippen molar-refractivity contribution in [2.45, 2.75) is 39.0 Å². The normalized spacial score (nSPS) is 16.2. The molecule has 23 heavy (non-hydrogen) atoms. The largest absolute Gasteiger partial charge is 0.494 e. The molecule has 4 heteroatoms. The summed E-state index contributed by atoms with van der Waals surface area (Å²) in [5.41, 5.74) is 1.68. The van der Waals surface area contributed by atoms with Gasteiger partial charge in [-0.05, 0) is 81.8 Å². The van der Waals surface area contributed by atoms with Crippen LogP contribution >= 0.6 is 0 Å².